The largest absolute Gasteiger partial charge is 0.497 e. The van der Waals surface area contributed by atoms with Crippen LogP contribution in [0.5, 0.6) is 11.5 Å². The molecule has 31 heavy (non-hydrogen) atoms. The van der Waals surface area contributed by atoms with E-state index < -0.39 is 11.5 Å². The molecule has 2 aromatic rings. The Labute approximate surface area is 189 Å². The third kappa shape index (κ3) is 4.34. The van der Waals surface area contributed by atoms with Gasteiger partial charge in [-0.2, -0.15) is 0 Å². The quantitative estimate of drug-likeness (QED) is 0.752. The number of ether oxygens (including phenoxy) is 2. The summed E-state index contributed by atoms with van der Waals surface area (Å²) in [6, 6.07) is 9.64. The maximum atomic E-state index is 12.7. The number of rotatable bonds is 4. The minimum atomic E-state index is -0.752. The lowest BCUT2D eigenvalue weighted by Crippen LogP contribution is -2.46. The summed E-state index contributed by atoms with van der Waals surface area (Å²) in [5.41, 5.74) is -0.0236. The Bertz CT molecular complexity index is 1070. The van der Waals surface area contributed by atoms with Crippen molar-refractivity contribution >= 4 is 40.8 Å². The van der Waals surface area contributed by atoms with Crippen LogP contribution < -0.4 is 14.8 Å². The molecule has 0 radical (unpaired) electrons. The molecule has 1 fully saturated rings. The molecule has 162 valence electrons. The molecule has 0 bridgehead atoms. The average Bonchev–Trinajstić information content (AvgIpc) is 3.14. The van der Waals surface area contributed by atoms with Gasteiger partial charge in [0.15, 0.2) is 5.78 Å². The Morgan fingerprint density at radius 3 is 2.77 bits per heavy atom. The molecule has 2 aliphatic heterocycles. The van der Waals surface area contributed by atoms with E-state index in [-0.39, 0.29) is 41.8 Å². The van der Waals surface area contributed by atoms with Crippen molar-refractivity contribution in [3.8, 4) is 11.5 Å². The first-order chi connectivity index (χ1) is 14.8. The fourth-order valence-corrected chi connectivity index (χ4v) is 4.42. The maximum absolute atomic E-state index is 12.7. The summed E-state index contributed by atoms with van der Waals surface area (Å²) in [4.78, 5) is 39.3. The van der Waals surface area contributed by atoms with Crippen molar-refractivity contribution in [2.24, 2.45) is 0 Å². The standard InChI is InChI=1S/C22H20Cl2N2O5/c1-30-14-3-5-19-16(9-14)18(27)10-22(31-19)6-7-26(12-22)20(28)11-25-21(29)15-4-2-13(23)8-17(15)24/h2-5,8-9H,6-7,10-12H2,1H3,(H,25,29). The number of carbonyl (C=O) groups excluding carboxylic acids is 3. The molecular formula is C22H20Cl2N2O5. The van der Waals surface area contributed by atoms with E-state index in [1.54, 1.807) is 29.2 Å². The van der Waals surface area contributed by atoms with E-state index in [4.69, 9.17) is 32.7 Å². The van der Waals surface area contributed by atoms with Crippen LogP contribution in [-0.2, 0) is 4.79 Å². The second kappa shape index (κ2) is 8.40. The molecule has 1 spiro atoms. The van der Waals surface area contributed by atoms with Gasteiger partial charge in [-0.25, -0.2) is 0 Å². The van der Waals surface area contributed by atoms with Gasteiger partial charge in [0.1, 0.15) is 17.1 Å². The fraction of sp³-hybridized carbons (Fsp3) is 0.318. The van der Waals surface area contributed by atoms with Crippen LogP contribution in [0.4, 0.5) is 0 Å². The normalized spacial score (nSPS) is 19.7. The first kappa shape index (κ1) is 21.5. The third-order valence-electron chi connectivity index (χ3n) is 5.54. The van der Waals surface area contributed by atoms with E-state index in [0.29, 0.717) is 35.1 Å². The summed E-state index contributed by atoms with van der Waals surface area (Å²) in [6.45, 7) is 0.533. The van der Waals surface area contributed by atoms with Crippen molar-refractivity contribution in [3.63, 3.8) is 0 Å². The molecule has 1 unspecified atom stereocenters. The van der Waals surface area contributed by atoms with Crippen molar-refractivity contribution < 1.29 is 23.9 Å². The van der Waals surface area contributed by atoms with Crippen molar-refractivity contribution in [3.05, 3.63) is 57.6 Å². The summed E-state index contributed by atoms with van der Waals surface area (Å²) in [5.74, 6) is 0.325. The summed E-state index contributed by atoms with van der Waals surface area (Å²) < 4.78 is 11.3. The smallest absolute Gasteiger partial charge is 0.253 e. The molecule has 7 nitrogen and oxygen atoms in total. The van der Waals surface area contributed by atoms with Crippen molar-refractivity contribution in [2.45, 2.75) is 18.4 Å². The van der Waals surface area contributed by atoms with Crippen LogP contribution in [0.3, 0.4) is 0 Å². The van der Waals surface area contributed by atoms with E-state index >= 15 is 0 Å². The molecule has 2 aromatic carbocycles. The summed E-state index contributed by atoms with van der Waals surface area (Å²) in [6.07, 6.45) is 0.719. The lowest BCUT2D eigenvalue weighted by atomic mass is 9.89. The van der Waals surface area contributed by atoms with Gasteiger partial charge in [0.25, 0.3) is 5.91 Å². The number of likely N-dealkylation sites (tertiary alicyclic amines) is 1. The van der Waals surface area contributed by atoms with Crippen molar-refractivity contribution in [2.75, 3.05) is 26.7 Å². The van der Waals surface area contributed by atoms with Crippen molar-refractivity contribution in [1.82, 2.24) is 10.2 Å². The summed E-state index contributed by atoms with van der Waals surface area (Å²) in [5, 5.41) is 3.21. The number of nitrogens with one attached hydrogen (secondary N) is 1. The Hall–Kier alpha value is -2.77. The molecule has 0 saturated carbocycles. The molecule has 2 aliphatic rings. The van der Waals surface area contributed by atoms with Gasteiger partial charge in [0.05, 0.1) is 42.8 Å². The Morgan fingerprint density at radius 2 is 2.03 bits per heavy atom. The van der Waals surface area contributed by atoms with Crippen LogP contribution in [0.25, 0.3) is 0 Å². The number of fused-ring (bicyclic) bond motifs is 1. The highest BCUT2D eigenvalue weighted by atomic mass is 35.5. The molecule has 4 rings (SSSR count). The Kier molecular flexibility index (Phi) is 5.81. The van der Waals surface area contributed by atoms with Gasteiger partial charge in [-0.3, -0.25) is 14.4 Å². The average molecular weight is 463 g/mol. The zero-order chi connectivity index (χ0) is 22.2. The van der Waals surface area contributed by atoms with Gasteiger partial charge in [-0.05, 0) is 36.4 Å². The van der Waals surface area contributed by atoms with E-state index in [0.717, 1.165) is 0 Å². The fourth-order valence-electron chi connectivity index (χ4n) is 3.92. The van der Waals surface area contributed by atoms with Gasteiger partial charge in [0.2, 0.25) is 5.91 Å². The molecule has 2 heterocycles. The Balaban J connectivity index is 1.38. The van der Waals surface area contributed by atoms with Crippen LogP contribution in [0.15, 0.2) is 36.4 Å². The minimum Gasteiger partial charge on any atom is -0.497 e. The van der Waals surface area contributed by atoms with Crippen LogP contribution in [0.2, 0.25) is 10.0 Å². The predicted molar refractivity (Wildman–Crippen MR) is 115 cm³/mol. The number of ketones is 1. The van der Waals surface area contributed by atoms with E-state index in [1.807, 2.05) is 0 Å². The first-order valence-electron chi connectivity index (χ1n) is 9.71. The minimum absolute atomic E-state index is 0.0415. The Morgan fingerprint density at radius 1 is 1.23 bits per heavy atom. The SMILES string of the molecule is COc1ccc2c(c1)C(=O)CC1(CCN(C(=O)CNC(=O)c3ccc(Cl)cc3Cl)C1)O2. The highest BCUT2D eigenvalue weighted by molar-refractivity contribution is 6.36. The van der Waals surface area contributed by atoms with Crippen LogP contribution >= 0.6 is 23.2 Å². The van der Waals surface area contributed by atoms with Gasteiger partial charge < -0.3 is 19.7 Å². The number of amides is 2. The van der Waals surface area contributed by atoms with E-state index in [2.05, 4.69) is 5.32 Å². The highest BCUT2D eigenvalue weighted by Gasteiger charge is 2.47. The monoisotopic (exact) mass is 462 g/mol. The van der Waals surface area contributed by atoms with Gasteiger partial charge in [0, 0.05) is 18.0 Å². The topological polar surface area (TPSA) is 84.9 Å². The molecule has 1 atom stereocenters. The maximum Gasteiger partial charge on any atom is 0.253 e. The lowest BCUT2D eigenvalue weighted by Gasteiger charge is -2.34. The molecule has 0 aromatic heterocycles. The number of halogens is 2. The molecule has 2 amide bonds. The predicted octanol–water partition coefficient (Wildman–Crippen LogP) is 3.37. The molecule has 1 saturated heterocycles. The van der Waals surface area contributed by atoms with E-state index in [9.17, 15) is 14.4 Å². The second-order valence-electron chi connectivity index (χ2n) is 7.62. The van der Waals surface area contributed by atoms with Crippen LogP contribution in [0.1, 0.15) is 33.6 Å². The number of benzene rings is 2. The van der Waals surface area contributed by atoms with Gasteiger partial charge >= 0.3 is 0 Å². The second-order valence-corrected chi connectivity index (χ2v) is 8.46. The van der Waals surface area contributed by atoms with Crippen LogP contribution in [-0.4, -0.2) is 54.8 Å². The number of hydrogen-bond acceptors (Lipinski definition) is 5. The summed E-state index contributed by atoms with van der Waals surface area (Å²) >= 11 is 11.9. The molecule has 1 N–H and O–H groups in total. The number of carbonyl (C=O) groups is 3. The third-order valence-corrected chi connectivity index (χ3v) is 6.09. The number of hydrogen-bond donors (Lipinski definition) is 1. The number of nitrogens with zero attached hydrogens (tertiary/aromatic N) is 1. The molecule has 0 aliphatic carbocycles. The van der Waals surface area contributed by atoms with Gasteiger partial charge in [-0.1, -0.05) is 23.2 Å². The van der Waals surface area contributed by atoms with Crippen LogP contribution in [0, 0.1) is 0 Å². The van der Waals surface area contributed by atoms with Gasteiger partial charge in [-0.15, -0.1) is 0 Å². The molecule has 9 heteroatoms. The van der Waals surface area contributed by atoms with E-state index in [1.165, 1.54) is 19.2 Å². The molecular weight excluding hydrogens is 443 g/mol. The zero-order valence-corrected chi connectivity index (χ0v) is 18.3. The number of methoxy groups -OCH3 is 1. The number of Topliss-reactive ketones (excluding diaryl/α,β-unsaturated/α-hetero) is 1. The first-order valence-corrected chi connectivity index (χ1v) is 10.5. The van der Waals surface area contributed by atoms with Crippen molar-refractivity contribution in [1.29, 1.82) is 0 Å². The lowest BCUT2D eigenvalue weighted by molar-refractivity contribution is -0.129. The highest BCUT2D eigenvalue weighted by Crippen LogP contribution is 2.40. The zero-order valence-electron chi connectivity index (χ0n) is 16.7. The summed E-state index contributed by atoms with van der Waals surface area (Å²) in [7, 11) is 1.54.